The van der Waals surface area contributed by atoms with Crippen molar-refractivity contribution in [3.63, 3.8) is 0 Å². The molecule has 0 aromatic carbocycles. The van der Waals surface area contributed by atoms with Crippen molar-refractivity contribution in [2.45, 2.75) is 0 Å². The van der Waals surface area contributed by atoms with Crippen molar-refractivity contribution in [2.24, 2.45) is 9.98 Å². The predicted molar refractivity (Wildman–Crippen MR) is 38.6 cm³/mol. The zero-order valence-corrected chi connectivity index (χ0v) is 11.1. The Morgan fingerprint density at radius 3 is 1.21 bits per heavy atom. The molecule has 0 saturated carbocycles. The molecular formula is C6H10Cl3N2O2Yb. The van der Waals surface area contributed by atoms with E-state index in [1.165, 1.54) is 12.8 Å². The van der Waals surface area contributed by atoms with Crippen LogP contribution < -0.4 is 37.2 Å². The van der Waals surface area contributed by atoms with E-state index in [4.69, 9.17) is 0 Å². The van der Waals surface area contributed by atoms with E-state index in [1.54, 1.807) is 0 Å². The second-order valence-electron chi connectivity index (χ2n) is 1.76. The predicted octanol–water partition coefficient (Wildman–Crippen LogP) is -8.90. The molecule has 91 valence electrons. The van der Waals surface area contributed by atoms with E-state index < -0.39 is 0 Å². The third-order valence-electron chi connectivity index (χ3n) is 0.975. The molecule has 0 atom stereocenters. The van der Waals surface area contributed by atoms with Crippen LogP contribution in [-0.2, 0) is 9.47 Å². The molecule has 0 aromatic heterocycles. The van der Waals surface area contributed by atoms with Gasteiger partial charge in [-0.2, -0.15) is 0 Å². The van der Waals surface area contributed by atoms with Gasteiger partial charge in [-0.05, 0) is 0 Å². The minimum absolute atomic E-state index is 0. The molecule has 2 aliphatic heterocycles. The molecule has 0 spiro atoms. The summed E-state index contributed by atoms with van der Waals surface area (Å²) in [6, 6.07) is 0. The summed E-state index contributed by atoms with van der Waals surface area (Å²) < 4.78 is 9.31. The second-order valence-corrected chi connectivity index (χ2v) is 1.76. The SMILES string of the molecule is C1=NCCO1.C1=NCCO1.[Cl-].[Cl-].[Cl-].[Yb+3]. The number of ether oxygens (including phenoxy) is 2. The van der Waals surface area contributed by atoms with E-state index in [-0.39, 0.29) is 84.1 Å². The zero-order chi connectivity index (χ0) is 7.07. The Morgan fingerprint density at radius 2 is 1.14 bits per heavy atom. The van der Waals surface area contributed by atoms with Crippen LogP contribution in [0.4, 0.5) is 0 Å². The minimum atomic E-state index is 0. The quantitative estimate of drug-likeness (QED) is 0.390. The van der Waals surface area contributed by atoms with Crippen LogP contribution in [0.25, 0.3) is 0 Å². The third-order valence-corrected chi connectivity index (χ3v) is 0.975. The Bertz CT molecular complexity index is 121. The summed E-state index contributed by atoms with van der Waals surface area (Å²) in [7, 11) is 0. The van der Waals surface area contributed by atoms with Crippen molar-refractivity contribution < 1.29 is 93.6 Å². The van der Waals surface area contributed by atoms with Crippen LogP contribution in [0.5, 0.6) is 0 Å². The first-order valence-electron chi connectivity index (χ1n) is 3.20. The summed E-state index contributed by atoms with van der Waals surface area (Å²) in [6.07, 6.45) is 2.97. The molecule has 0 bridgehead atoms. The van der Waals surface area contributed by atoms with Crippen molar-refractivity contribution in [2.75, 3.05) is 26.3 Å². The van der Waals surface area contributed by atoms with Gasteiger partial charge in [0.2, 0.25) is 0 Å². The van der Waals surface area contributed by atoms with Crippen LogP contribution in [0.15, 0.2) is 9.98 Å². The van der Waals surface area contributed by atoms with E-state index in [0.717, 1.165) is 26.3 Å². The van der Waals surface area contributed by atoms with Gasteiger partial charge in [-0.1, -0.05) is 0 Å². The van der Waals surface area contributed by atoms with E-state index in [9.17, 15) is 0 Å². The second kappa shape index (κ2) is 19.8. The molecule has 0 unspecified atom stereocenters. The van der Waals surface area contributed by atoms with E-state index >= 15 is 0 Å². The number of nitrogens with zero attached hydrogens (tertiary/aromatic N) is 2. The molecular weight excluding hydrogens is 411 g/mol. The maximum atomic E-state index is 4.65. The molecule has 8 heteroatoms. The Morgan fingerprint density at radius 1 is 0.786 bits per heavy atom. The number of hydrogen-bond acceptors (Lipinski definition) is 4. The molecule has 0 amide bonds. The van der Waals surface area contributed by atoms with Crippen LogP contribution in [-0.4, -0.2) is 39.1 Å². The Balaban J connectivity index is -0.0000000556. The molecule has 2 aliphatic rings. The number of halogens is 3. The Labute approximate surface area is 141 Å². The van der Waals surface area contributed by atoms with E-state index in [0.29, 0.717) is 0 Å². The van der Waals surface area contributed by atoms with Crippen molar-refractivity contribution in [3.05, 3.63) is 0 Å². The minimum Gasteiger partial charge on any atom is -1.00 e. The molecule has 2 rings (SSSR count). The summed E-state index contributed by atoms with van der Waals surface area (Å²) >= 11 is 0. The van der Waals surface area contributed by atoms with Crippen LogP contribution >= 0.6 is 0 Å². The molecule has 0 aromatic rings. The third kappa shape index (κ3) is 15.8. The first kappa shape index (κ1) is 24.5. The maximum absolute atomic E-state index is 4.65. The van der Waals surface area contributed by atoms with Crippen molar-refractivity contribution in [1.29, 1.82) is 0 Å². The molecule has 0 fully saturated rings. The Hall–Kier alpha value is 1.33. The fraction of sp³-hybridized carbons (Fsp3) is 0.667. The fourth-order valence-corrected chi connectivity index (χ4v) is 0.527. The summed E-state index contributed by atoms with van der Waals surface area (Å²) in [5.41, 5.74) is 0. The standard InChI is InChI=1S/2C3H5NO.3ClH.Yb/c2*1-2-5-3-4-1;;;;/h2*3H,1-2H2;3*1H;/q;;;;;+3/p-3. The van der Waals surface area contributed by atoms with Gasteiger partial charge in [0, 0.05) is 0 Å². The average Bonchev–Trinajstić information content (AvgIpc) is 2.67. The molecule has 1 radical (unpaired) electrons. The van der Waals surface area contributed by atoms with Crippen LogP contribution in [0.1, 0.15) is 0 Å². The molecule has 0 N–H and O–H groups in total. The molecule has 2 heterocycles. The number of hydrogen-bond donors (Lipinski definition) is 0. The van der Waals surface area contributed by atoms with Gasteiger partial charge in [0.25, 0.3) is 0 Å². The zero-order valence-electron chi connectivity index (χ0n) is 7.10. The first-order chi connectivity index (χ1) is 5.00. The van der Waals surface area contributed by atoms with Gasteiger partial charge in [0.1, 0.15) is 13.2 Å². The topological polar surface area (TPSA) is 43.2 Å². The smallest absolute Gasteiger partial charge is 1.00 e. The van der Waals surface area contributed by atoms with Gasteiger partial charge < -0.3 is 46.7 Å². The van der Waals surface area contributed by atoms with Gasteiger partial charge in [-0.25, -0.2) is 0 Å². The van der Waals surface area contributed by atoms with Crippen LogP contribution in [0, 0.1) is 46.9 Å². The van der Waals surface area contributed by atoms with Gasteiger partial charge in [0.05, 0.1) is 13.1 Å². The number of aliphatic imine (C=N–C) groups is 2. The van der Waals surface area contributed by atoms with Gasteiger partial charge in [-0.15, -0.1) is 0 Å². The van der Waals surface area contributed by atoms with E-state index in [2.05, 4.69) is 19.5 Å². The first-order valence-corrected chi connectivity index (χ1v) is 3.20. The summed E-state index contributed by atoms with van der Waals surface area (Å²) in [5, 5.41) is 0. The normalized spacial score (nSPS) is 13.7. The average molecular weight is 422 g/mol. The summed E-state index contributed by atoms with van der Waals surface area (Å²) in [4.78, 5) is 7.47. The molecule has 0 aliphatic carbocycles. The number of rotatable bonds is 0. The Kier molecular flexibility index (Phi) is 34.7. The van der Waals surface area contributed by atoms with Crippen molar-refractivity contribution in [1.82, 2.24) is 0 Å². The largest absolute Gasteiger partial charge is 3.00 e. The monoisotopic (exact) mass is 421 g/mol. The van der Waals surface area contributed by atoms with Crippen LogP contribution in [0.3, 0.4) is 0 Å². The van der Waals surface area contributed by atoms with Crippen molar-refractivity contribution in [3.8, 4) is 0 Å². The molecule has 0 saturated heterocycles. The van der Waals surface area contributed by atoms with Gasteiger partial charge >= 0.3 is 46.9 Å². The maximum Gasteiger partial charge on any atom is 3.00 e. The van der Waals surface area contributed by atoms with E-state index in [1.807, 2.05) is 0 Å². The van der Waals surface area contributed by atoms with Gasteiger partial charge in [-0.3, -0.25) is 9.98 Å². The molecule has 4 nitrogen and oxygen atoms in total. The van der Waals surface area contributed by atoms with Crippen LogP contribution in [0.2, 0.25) is 0 Å². The summed E-state index contributed by atoms with van der Waals surface area (Å²) in [5.74, 6) is 0. The summed E-state index contributed by atoms with van der Waals surface area (Å²) in [6.45, 7) is 3.25. The fourth-order valence-electron chi connectivity index (χ4n) is 0.527. The van der Waals surface area contributed by atoms with Crippen molar-refractivity contribution >= 4 is 12.8 Å². The van der Waals surface area contributed by atoms with Gasteiger partial charge in [0.15, 0.2) is 12.8 Å². The molecule has 14 heavy (non-hydrogen) atoms.